The largest absolute Gasteiger partial charge is 2.00 e. The molecule has 5 nitrogen and oxygen atoms in total. The minimum absolute atomic E-state index is 0. The van der Waals surface area contributed by atoms with Crippen LogP contribution < -0.4 is 4.90 Å². The second-order valence-electron chi connectivity index (χ2n) is 13.3. The molecule has 7 aromatic rings. The van der Waals surface area contributed by atoms with Gasteiger partial charge in [0.05, 0.1) is 11.4 Å². The third-order valence-electron chi connectivity index (χ3n) is 9.55. The third-order valence-corrected chi connectivity index (χ3v) is 9.55. The van der Waals surface area contributed by atoms with Gasteiger partial charge in [-0.25, -0.2) is 0 Å². The Hall–Kier alpha value is -4.99. The molecule has 2 aromatic heterocycles. The van der Waals surface area contributed by atoms with Crippen LogP contribution in [0.25, 0.3) is 33.9 Å². The molecule has 8 bridgehead atoms. The van der Waals surface area contributed by atoms with Gasteiger partial charge in [-0.05, 0) is 84.8 Å². The SMILES string of the molecule is Cc1cccc(C)c1-n1cc2nc1CCc1nc(cn1-c1c(C)cccc1C(C)C)-c1[c-]c(ccc1)N(c1ccccc1)c1[c-]c-2ccc1.[Pt+2]. The number of para-hydroxylation sites is 3. The van der Waals surface area contributed by atoms with Crippen molar-refractivity contribution in [1.82, 2.24) is 19.1 Å². The molecule has 0 aliphatic carbocycles. The summed E-state index contributed by atoms with van der Waals surface area (Å²) in [4.78, 5) is 12.9. The molecule has 0 saturated carbocycles. The number of hydrogen-bond donors (Lipinski definition) is 0. The normalized spacial score (nSPS) is 12.3. The number of fused-ring (bicyclic) bond motifs is 10. The molecular weight excluding hydrogens is 794 g/mol. The summed E-state index contributed by atoms with van der Waals surface area (Å²) in [5, 5.41) is 0. The van der Waals surface area contributed by atoms with Gasteiger partial charge in [0, 0.05) is 29.9 Å². The molecule has 6 heteroatoms. The molecule has 0 N–H and O–H groups in total. The van der Waals surface area contributed by atoms with Crippen molar-refractivity contribution < 1.29 is 21.1 Å². The monoisotopic (exact) mass is 832 g/mol. The summed E-state index contributed by atoms with van der Waals surface area (Å²) in [6.45, 7) is 11.1. The molecule has 0 spiro atoms. The van der Waals surface area contributed by atoms with Crippen LogP contribution in [0.15, 0.2) is 116 Å². The van der Waals surface area contributed by atoms with Gasteiger partial charge in [-0.3, -0.25) is 9.97 Å². The second-order valence-corrected chi connectivity index (χ2v) is 13.3. The van der Waals surface area contributed by atoms with Crippen molar-refractivity contribution in [2.75, 3.05) is 4.90 Å². The van der Waals surface area contributed by atoms with Gasteiger partial charge in [-0.15, -0.1) is 59.7 Å². The maximum atomic E-state index is 5.37. The Morgan fingerprint density at radius 2 is 1.04 bits per heavy atom. The van der Waals surface area contributed by atoms with Gasteiger partial charge in [0.15, 0.2) is 0 Å². The summed E-state index contributed by atoms with van der Waals surface area (Å²) in [6.07, 6.45) is 5.81. The zero-order valence-corrected chi connectivity index (χ0v) is 31.3. The van der Waals surface area contributed by atoms with Crippen molar-refractivity contribution in [3.05, 3.63) is 162 Å². The van der Waals surface area contributed by atoms with Gasteiger partial charge in [0.25, 0.3) is 0 Å². The van der Waals surface area contributed by atoms with Gasteiger partial charge in [-0.1, -0.05) is 68.4 Å². The van der Waals surface area contributed by atoms with Crippen LogP contribution in [-0.4, -0.2) is 19.1 Å². The Morgan fingerprint density at radius 1 is 0.560 bits per heavy atom. The molecule has 0 saturated heterocycles. The summed E-state index contributed by atoms with van der Waals surface area (Å²) in [6, 6.07) is 43.6. The summed E-state index contributed by atoms with van der Waals surface area (Å²) in [5.41, 5.74) is 13.9. The van der Waals surface area contributed by atoms with Crippen LogP contribution in [0, 0.1) is 32.9 Å². The number of benzene rings is 5. The Morgan fingerprint density at radius 3 is 1.58 bits per heavy atom. The minimum Gasteiger partial charge on any atom is -0.346 e. The van der Waals surface area contributed by atoms with Crippen molar-refractivity contribution in [1.29, 1.82) is 0 Å². The van der Waals surface area contributed by atoms with Crippen LogP contribution in [0.4, 0.5) is 17.1 Å². The van der Waals surface area contributed by atoms with Crippen LogP contribution in [0.5, 0.6) is 0 Å². The fraction of sp³-hybridized carbons (Fsp3) is 0.182. The van der Waals surface area contributed by atoms with Crippen molar-refractivity contribution in [2.45, 2.75) is 53.4 Å². The second kappa shape index (κ2) is 13.7. The first-order valence-corrected chi connectivity index (χ1v) is 17.1. The van der Waals surface area contributed by atoms with Crippen molar-refractivity contribution in [3.8, 4) is 33.9 Å². The van der Waals surface area contributed by atoms with Crippen LogP contribution in [0.2, 0.25) is 0 Å². The van der Waals surface area contributed by atoms with Gasteiger partial charge in [0.1, 0.15) is 11.6 Å². The average Bonchev–Trinajstić information content (AvgIpc) is 3.72. The van der Waals surface area contributed by atoms with E-state index in [1.165, 1.54) is 33.6 Å². The topological polar surface area (TPSA) is 38.9 Å². The van der Waals surface area contributed by atoms with Crippen molar-refractivity contribution in [3.63, 3.8) is 0 Å². The molecule has 250 valence electrons. The first-order chi connectivity index (χ1) is 23.9. The van der Waals surface area contributed by atoms with Gasteiger partial charge >= 0.3 is 21.1 Å². The molecule has 5 aromatic carbocycles. The Balaban J connectivity index is 0.00000392. The Bertz CT molecular complexity index is 2290. The van der Waals surface area contributed by atoms with E-state index in [-0.39, 0.29) is 21.1 Å². The summed E-state index contributed by atoms with van der Waals surface area (Å²) in [5.74, 6) is 2.36. The summed E-state index contributed by atoms with van der Waals surface area (Å²) in [7, 11) is 0. The van der Waals surface area contributed by atoms with E-state index in [9.17, 15) is 0 Å². The van der Waals surface area contributed by atoms with E-state index in [1.54, 1.807) is 0 Å². The number of aromatic nitrogens is 4. The molecule has 1 aliphatic heterocycles. The first kappa shape index (κ1) is 33.5. The number of imidazole rings is 2. The molecule has 0 unspecified atom stereocenters. The minimum atomic E-state index is 0. The maximum absolute atomic E-state index is 5.37. The van der Waals surface area contributed by atoms with E-state index in [0.717, 1.165) is 51.2 Å². The zero-order valence-electron chi connectivity index (χ0n) is 29.0. The summed E-state index contributed by atoms with van der Waals surface area (Å²) >= 11 is 0. The molecule has 50 heavy (non-hydrogen) atoms. The molecule has 3 heterocycles. The van der Waals surface area contributed by atoms with E-state index in [2.05, 4.69) is 170 Å². The first-order valence-electron chi connectivity index (χ1n) is 17.1. The number of aryl methyl sites for hydroxylation is 5. The maximum Gasteiger partial charge on any atom is 2.00 e. The molecule has 0 atom stereocenters. The fourth-order valence-corrected chi connectivity index (χ4v) is 7.18. The van der Waals surface area contributed by atoms with Gasteiger partial charge in [-0.2, -0.15) is 0 Å². The van der Waals surface area contributed by atoms with Crippen LogP contribution in [0.1, 0.15) is 53.7 Å². The third kappa shape index (κ3) is 6.05. The Labute approximate surface area is 309 Å². The molecular formula is C44H39N5Pt. The Kier molecular flexibility index (Phi) is 9.20. The van der Waals surface area contributed by atoms with Crippen LogP contribution in [-0.2, 0) is 33.9 Å². The van der Waals surface area contributed by atoms with E-state index in [0.29, 0.717) is 18.8 Å². The zero-order chi connectivity index (χ0) is 33.6. The molecule has 0 fully saturated rings. The average molecular weight is 833 g/mol. The van der Waals surface area contributed by atoms with Gasteiger partial charge < -0.3 is 14.0 Å². The van der Waals surface area contributed by atoms with E-state index < -0.39 is 0 Å². The number of anilines is 3. The standard InChI is InChI=1S/C44H39N5.Pt/c1-29(2)38-22-10-15-32(5)44(38)48-28-40-34-17-12-21-37(26-34)49(35-18-7-6-8-19-35)36-20-11-16-33(25-36)39-27-47(41(45-39)23-24-42(48)46-40)43-30(3)13-9-14-31(43)4;/h6-22,27-29H,23-24H2,1-5H3;/q-2;+2. The number of hydrogen-bond acceptors (Lipinski definition) is 3. The smallest absolute Gasteiger partial charge is 0.346 e. The number of nitrogens with zero attached hydrogens (tertiary/aromatic N) is 5. The number of rotatable bonds is 4. The van der Waals surface area contributed by atoms with Crippen molar-refractivity contribution >= 4 is 17.1 Å². The van der Waals surface area contributed by atoms with E-state index in [1.807, 2.05) is 6.07 Å². The van der Waals surface area contributed by atoms with Crippen molar-refractivity contribution in [2.24, 2.45) is 0 Å². The quantitative estimate of drug-likeness (QED) is 0.166. The van der Waals surface area contributed by atoms with Crippen LogP contribution >= 0.6 is 0 Å². The predicted molar refractivity (Wildman–Crippen MR) is 200 cm³/mol. The van der Waals surface area contributed by atoms with Gasteiger partial charge in [0.2, 0.25) is 0 Å². The summed E-state index contributed by atoms with van der Waals surface area (Å²) < 4.78 is 4.62. The van der Waals surface area contributed by atoms with E-state index >= 15 is 0 Å². The molecule has 1 aliphatic rings. The molecule has 0 amide bonds. The van der Waals surface area contributed by atoms with E-state index in [4.69, 9.17) is 9.97 Å². The van der Waals surface area contributed by atoms with Crippen LogP contribution in [0.3, 0.4) is 0 Å². The predicted octanol–water partition coefficient (Wildman–Crippen LogP) is 10.6. The molecule has 8 rings (SSSR count). The molecule has 0 radical (unpaired) electrons. The fourth-order valence-electron chi connectivity index (χ4n) is 7.18.